The van der Waals surface area contributed by atoms with Crippen LogP contribution in [0.2, 0.25) is 0 Å². The minimum atomic E-state index is 0.240. The topological polar surface area (TPSA) is 54.6 Å². The van der Waals surface area contributed by atoms with Gasteiger partial charge in [-0.2, -0.15) is 0 Å². The first-order valence-corrected chi connectivity index (χ1v) is 6.34. The van der Waals surface area contributed by atoms with Gasteiger partial charge in [-0.3, -0.25) is 0 Å². The number of furan rings is 1. The van der Waals surface area contributed by atoms with E-state index in [2.05, 4.69) is 5.32 Å². The molecular formula is C16H15NO3. The van der Waals surface area contributed by atoms with Gasteiger partial charge in [-0.1, -0.05) is 6.07 Å². The molecule has 4 nitrogen and oxygen atoms in total. The molecule has 4 heteroatoms. The van der Waals surface area contributed by atoms with Crippen molar-refractivity contribution in [3.05, 3.63) is 54.3 Å². The predicted octanol–water partition coefficient (Wildman–Crippen LogP) is 3.76. The van der Waals surface area contributed by atoms with Crippen molar-refractivity contribution in [2.24, 2.45) is 0 Å². The third-order valence-electron chi connectivity index (χ3n) is 3.09. The zero-order valence-corrected chi connectivity index (χ0v) is 11.1. The summed E-state index contributed by atoms with van der Waals surface area (Å²) in [5, 5.41) is 13.6. The van der Waals surface area contributed by atoms with E-state index in [0.29, 0.717) is 6.54 Å². The van der Waals surface area contributed by atoms with Gasteiger partial charge in [0.25, 0.3) is 0 Å². The van der Waals surface area contributed by atoms with Crippen LogP contribution in [0.25, 0.3) is 11.0 Å². The monoisotopic (exact) mass is 269 g/mol. The summed E-state index contributed by atoms with van der Waals surface area (Å²) in [7, 11) is 1.64. The third kappa shape index (κ3) is 2.54. The number of aromatic hydroxyl groups is 1. The molecule has 1 heterocycles. The number of phenols is 1. The summed E-state index contributed by atoms with van der Waals surface area (Å²) in [5.74, 6) is 1.88. The summed E-state index contributed by atoms with van der Waals surface area (Å²) >= 11 is 0. The van der Waals surface area contributed by atoms with E-state index in [1.165, 1.54) is 0 Å². The second-order valence-corrected chi connectivity index (χ2v) is 4.52. The van der Waals surface area contributed by atoms with Crippen molar-refractivity contribution in [3.8, 4) is 11.5 Å². The van der Waals surface area contributed by atoms with E-state index in [9.17, 15) is 5.11 Å². The van der Waals surface area contributed by atoms with Crippen molar-refractivity contribution in [2.45, 2.75) is 6.54 Å². The number of fused-ring (bicyclic) bond motifs is 1. The lowest BCUT2D eigenvalue weighted by molar-refractivity contribution is 0.415. The molecule has 0 aliphatic rings. The first-order chi connectivity index (χ1) is 9.74. The molecule has 1 aromatic heterocycles. The summed E-state index contributed by atoms with van der Waals surface area (Å²) in [6.45, 7) is 0.556. The number of benzene rings is 2. The highest BCUT2D eigenvalue weighted by Gasteiger charge is 2.05. The van der Waals surface area contributed by atoms with Crippen LogP contribution in [-0.4, -0.2) is 12.2 Å². The van der Waals surface area contributed by atoms with E-state index in [-0.39, 0.29) is 5.75 Å². The predicted molar refractivity (Wildman–Crippen MR) is 78.2 cm³/mol. The van der Waals surface area contributed by atoms with Crippen molar-refractivity contribution in [1.82, 2.24) is 0 Å². The molecule has 3 aromatic rings. The van der Waals surface area contributed by atoms with Gasteiger partial charge in [-0.05, 0) is 36.4 Å². The van der Waals surface area contributed by atoms with Crippen LogP contribution in [0.4, 0.5) is 5.69 Å². The van der Waals surface area contributed by atoms with Gasteiger partial charge >= 0.3 is 0 Å². The fraction of sp³-hybridized carbons (Fsp3) is 0.125. The van der Waals surface area contributed by atoms with Gasteiger partial charge < -0.3 is 19.6 Å². The van der Waals surface area contributed by atoms with Gasteiger partial charge in [0.05, 0.1) is 13.7 Å². The van der Waals surface area contributed by atoms with Crippen LogP contribution in [-0.2, 0) is 6.54 Å². The van der Waals surface area contributed by atoms with E-state index in [0.717, 1.165) is 28.2 Å². The molecule has 0 atom stereocenters. The highest BCUT2D eigenvalue weighted by atomic mass is 16.5. The highest BCUT2D eigenvalue weighted by molar-refractivity contribution is 5.79. The largest absolute Gasteiger partial charge is 0.508 e. The summed E-state index contributed by atoms with van der Waals surface area (Å²) < 4.78 is 10.9. The fourth-order valence-electron chi connectivity index (χ4n) is 2.10. The number of methoxy groups -OCH3 is 1. The maximum Gasteiger partial charge on any atom is 0.134 e. The van der Waals surface area contributed by atoms with Crippen molar-refractivity contribution in [3.63, 3.8) is 0 Å². The maximum atomic E-state index is 9.40. The van der Waals surface area contributed by atoms with Gasteiger partial charge in [-0.25, -0.2) is 0 Å². The number of phenolic OH excluding ortho intramolecular Hbond substituents is 1. The van der Waals surface area contributed by atoms with Gasteiger partial charge in [-0.15, -0.1) is 0 Å². The minimum absolute atomic E-state index is 0.240. The highest BCUT2D eigenvalue weighted by Crippen LogP contribution is 2.25. The number of rotatable bonds is 4. The second-order valence-electron chi connectivity index (χ2n) is 4.52. The van der Waals surface area contributed by atoms with E-state index in [1.54, 1.807) is 25.3 Å². The van der Waals surface area contributed by atoms with E-state index in [4.69, 9.17) is 9.15 Å². The minimum Gasteiger partial charge on any atom is -0.508 e. The molecule has 3 rings (SSSR count). The Kier molecular flexibility index (Phi) is 3.21. The number of hydrogen-bond acceptors (Lipinski definition) is 4. The smallest absolute Gasteiger partial charge is 0.134 e. The molecule has 2 aromatic carbocycles. The number of ether oxygens (including phenoxy) is 1. The third-order valence-corrected chi connectivity index (χ3v) is 3.09. The standard InChI is InChI=1S/C16H15NO3/c1-19-14-5-6-16-11(7-14)8-15(20-16)10-17-12-3-2-4-13(18)9-12/h2-9,17-18H,10H2,1H3. The Morgan fingerprint density at radius 3 is 2.85 bits per heavy atom. The van der Waals surface area contributed by atoms with E-state index in [1.807, 2.05) is 30.3 Å². The fourth-order valence-corrected chi connectivity index (χ4v) is 2.10. The Balaban J connectivity index is 1.77. The quantitative estimate of drug-likeness (QED) is 0.757. The van der Waals surface area contributed by atoms with Gasteiger partial charge in [0.15, 0.2) is 0 Å². The van der Waals surface area contributed by atoms with Crippen LogP contribution < -0.4 is 10.1 Å². The molecule has 0 aliphatic carbocycles. The molecule has 0 spiro atoms. The summed E-state index contributed by atoms with van der Waals surface area (Å²) in [6.07, 6.45) is 0. The van der Waals surface area contributed by atoms with Gasteiger partial charge in [0.1, 0.15) is 22.8 Å². The molecule has 20 heavy (non-hydrogen) atoms. The molecule has 0 aliphatic heterocycles. The average molecular weight is 269 g/mol. The molecular weight excluding hydrogens is 254 g/mol. The SMILES string of the molecule is COc1ccc2oc(CNc3cccc(O)c3)cc2c1. The molecule has 0 bridgehead atoms. The van der Waals surface area contributed by atoms with Crippen LogP contribution in [0.15, 0.2) is 52.9 Å². The lowest BCUT2D eigenvalue weighted by atomic mass is 10.2. The lowest BCUT2D eigenvalue weighted by Crippen LogP contribution is -1.97. The summed E-state index contributed by atoms with van der Waals surface area (Å²) in [5.41, 5.74) is 1.68. The van der Waals surface area contributed by atoms with Crippen LogP contribution in [0.1, 0.15) is 5.76 Å². The Morgan fingerprint density at radius 2 is 2.05 bits per heavy atom. The van der Waals surface area contributed by atoms with Crippen molar-refractivity contribution >= 4 is 16.7 Å². The van der Waals surface area contributed by atoms with Crippen molar-refractivity contribution in [2.75, 3.05) is 12.4 Å². The second kappa shape index (κ2) is 5.17. The van der Waals surface area contributed by atoms with E-state index >= 15 is 0 Å². The first-order valence-electron chi connectivity index (χ1n) is 6.34. The molecule has 0 amide bonds. The Hall–Kier alpha value is -2.62. The van der Waals surface area contributed by atoms with Crippen LogP contribution >= 0.6 is 0 Å². The molecule has 0 saturated heterocycles. The average Bonchev–Trinajstić information content (AvgIpc) is 2.87. The molecule has 0 saturated carbocycles. The molecule has 0 fully saturated rings. The zero-order chi connectivity index (χ0) is 13.9. The molecule has 0 radical (unpaired) electrons. The Labute approximate surface area is 116 Å². The Morgan fingerprint density at radius 1 is 1.15 bits per heavy atom. The number of nitrogens with one attached hydrogen (secondary N) is 1. The maximum absolute atomic E-state index is 9.40. The van der Waals surface area contributed by atoms with Crippen LogP contribution in [0.3, 0.4) is 0 Å². The van der Waals surface area contributed by atoms with Crippen molar-refractivity contribution < 1.29 is 14.3 Å². The Bertz CT molecular complexity index is 733. The van der Waals surface area contributed by atoms with Crippen LogP contribution in [0, 0.1) is 0 Å². The van der Waals surface area contributed by atoms with Crippen molar-refractivity contribution in [1.29, 1.82) is 0 Å². The van der Waals surface area contributed by atoms with E-state index < -0.39 is 0 Å². The molecule has 0 unspecified atom stereocenters. The summed E-state index contributed by atoms with van der Waals surface area (Å²) in [6, 6.07) is 14.7. The summed E-state index contributed by atoms with van der Waals surface area (Å²) in [4.78, 5) is 0. The zero-order valence-electron chi connectivity index (χ0n) is 11.1. The normalized spacial score (nSPS) is 10.7. The first kappa shape index (κ1) is 12.4. The van der Waals surface area contributed by atoms with Gasteiger partial charge in [0, 0.05) is 17.1 Å². The van der Waals surface area contributed by atoms with Crippen LogP contribution in [0.5, 0.6) is 11.5 Å². The molecule has 2 N–H and O–H groups in total. The molecule has 102 valence electrons. The van der Waals surface area contributed by atoms with Gasteiger partial charge in [0.2, 0.25) is 0 Å². The lowest BCUT2D eigenvalue weighted by Gasteiger charge is -2.04. The number of anilines is 1. The number of hydrogen-bond donors (Lipinski definition) is 2.